The number of aryl methyl sites for hydroxylation is 2. The van der Waals surface area contributed by atoms with Crippen LogP contribution in [0.5, 0.6) is 0 Å². The maximum Gasteiger partial charge on any atom is 0.255 e. The van der Waals surface area contributed by atoms with Crippen molar-refractivity contribution in [2.24, 2.45) is 7.05 Å². The molecule has 3 aromatic carbocycles. The Bertz CT molecular complexity index is 1290. The van der Waals surface area contributed by atoms with Gasteiger partial charge in [-0.15, -0.1) is 0 Å². The molecule has 6 nitrogen and oxygen atoms in total. The van der Waals surface area contributed by atoms with Crippen LogP contribution in [0.15, 0.2) is 72.8 Å². The number of aromatic nitrogens is 2. The molecule has 2 heterocycles. The summed E-state index contributed by atoms with van der Waals surface area (Å²) in [6, 6.07) is 24.3. The second-order valence-electron chi connectivity index (χ2n) is 9.46. The van der Waals surface area contributed by atoms with E-state index in [0.717, 1.165) is 73.8 Å². The van der Waals surface area contributed by atoms with Crippen LogP contribution in [-0.2, 0) is 20.0 Å². The molecule has 1 saturated heterocycles. The fourth-order valence-electron chi connectivity index (χ4n) is 4.73. The van der Waals surface area contributed by atoms with Gasteiger partial charge < -0.3 is 14.8 Å². The Morgan fingerprint density at radius 2 is 1.63 bits per heavy atom. The highest BCUT2D eigenvalue weighted by Crippen LogP contribution is 2.21. The smallest absolute Gasteiger partial charge is 0.255 e. The fraction of sp³-hybridized carbons (Fsp3) is 0.310. The number of hydrogen-bond acceptors (Lipinski definition) is 4. The first-order valence-electron chi connectivity index (χ1n) is 12.4. The molecule has 0 radical (unpaired) electrons. The average molecular weight is 468 g/mol. The summed E-state index contributed by atoms with van der Waals surface area (Å²) in [6.07, 6.45) is 0.912. The van der Waals surface area contributed by atoms with Gasteiger partial charge in [-0.3, -0.25) is 9.69 Å². The van der Waals surface area contributed by atoms with Gasteiger partial charge in [0.1, 0.15) is 5.82 Å². The normalized spacial score (nSPS) is 14.9. The molecule has 0 unspecified atom stereocenters. The molecule has 6 heteroatoms. The van der Waals surface area contributed by atoms with Crippen molar-refractivity contribution in [2.45, 2.75) is 19.9 Å². The summed E-state index contributed by atoms with van der Waals surface area (Å²) < 4.78 is 2.17. The minimum Gasteiger partial charge on any atom is -0.331 e. The Morgan fingerprint density at radius 3 is 2.37 bits per heavy atom. The average Bonchev–Trinajstić information content (AvgIpc) is 3.19. The van der Waals surface area contributed by atoms with E-state index in [4.69, 9.17) is 4.98 Å². The number of carbonyl (C=O) groups excluding carboxylic acids is 1. The van der Waals surface area contributed by atoms with Gasteiger partial charge in [0.25, 0.3) is 5.91 Å². The second kappa shape index (κ2) is 10.4. The monoisotopic (exact) mass is 467 g/mol. The topological polar surface area (TPSA) is 53.4 Å². The Hall–Kier alpha value is -3.48. The maximum absolute atomic E-state index is 12.6. The molecule has 1 amide bonds. The highest BCUT2D eigenvalue weighted by Gasteiger charge is 2.18. The predicted octanol–water partition coefficient (Wildman–Crippen LogP) is 4.49. The van der Waals surface area contributed by atoms with Gasteiger partial charge in [0.05, 0.1) is 11.0 Å². The minimum atomic E-state index is -0.105. The SMILES string of the molecule is Cc1ccc(C(=O)Nc2ccc3c(c2)nc(CCN2CCN(Cc4ccccc4)CC2)n3C)cc1. The number of piperazine rings is 1. The third-order valence-corrected chi connectivity index (χ3v) is 6.91. The van der Waals surface area contributed by atoms with Crippen LogP contribution in [-0.4, -0.2) is 58.0 Å². The number of anilines is 1. The lowest BCUT2D eigenvalue weighted by molar-refractivity contribution is 0.102. The first kappa shape index (κ1) is 23.3. The predicted molar refractivity (Wildman–Crippen MR) is 142 cm³/mol. The zero-order chi connectivity index (χ0) is 24.2. The number of nitrogens with zero attached hydrogens (tertiary/aromatic N) is 4. The van der Waals surface area contributed by atoms with E-state index in [1.54, 1.807) is 0 Å². The second-order valence-corrected chi connectivity index (χ2v) is 9.46. The minimum absolute atomic E-state index is 0.105. The molecule has 0 saturated carbocycles. The van der Waals surface area contributed by atoms with Crippen LogP contribution in [0, 0.1) is 6.92 Å². The zero-order valence-corrected chi connectivity index (χ0v) is 20.6. The largest absolute Gasteiger partial charge is 0.331 e. The van der Waals surface area contributed by atoms with Crippen LogP contribution in [0.4, 0.5) is 5.69 Å². The molecule has 1 aliphatic heterocycles. The molecule has 1 N–H and O–H groups in total. The van der Waals surface area contributed by atoms with Crippen molar-refractivity contribution in [3.05, 3.63) is 95.3 Å². The number of nitrogens with one attached hydrogen (secondary N) is 1. The Balaban J connectivity index is 1.17. The van der Waals surface area contributed by atoms with Crippen molar-refractivity contribution in [2.75, 3.05) is 38.0 Å². The fourth-order valence-corrected chi connectivity index (χ4v) is 4.73. The van der Waals surface area contributed by atoms with Gasteiger partial charge in [0.2, 0.25) is 0 Å². The van der Waals surface area contributed by atoms with E-state index in [2.05, 4.69) is 57.1 Å². The highest BCUT2D eigenvalue weighted by molar-refractivity contribution is 6.05. The molecule has 1 aromatic heterocycles. The Morgan fingerprint density at radius 1 is 0.914 bits per heavy atom. The van der Waals surface area contributed by atoms with Gasteiger partial charge in [-0.1, -0.05) is 48.0 Å². The lowest BCUT2D eigenvalue weighted by Crippen LogP contribution is -2.46. The number of benzene rings is 3. The van der Waals surface area contributed by atoms with Crippen LogP contribution in [0.25, 0.3) is 11.0 Å². The van der Waals surface area contributed by atoms with Gasteiger partial charge in [-0.05, 0) is 42.8 Å². The van der Waals surface area contributed by atoms with Crippen LogP contribution in [0.1, 0.15) is 27.3 Å². The molecular formula is C29H33N5O. The van der Waals surface area contributed by atoms with Crippen molar-refractivity contribution in [3.8, 4) is 0 Å². The van der Waals surface area contributed by atoms with E-state index in [9.17, 15) is 4.79 Å². The van der Waals surface area contributed by atoms with Crippen molar-refractivity contribution in [1.29, 1.82) is 0 Å². The molecule has 0 spiro atoms. The molecule has 4 aromatic rings. The highest BCUT2D eigenvalue weighted by atomic mass is 16.1. The summed E-state index contributed by atoms with van der Waals surface area (Å²) in [4.78, 5) is 22.6. The van der Waals surface area contributed by atoms with Crippen LogP contribution >= 0.6 is 0 Å². The molecule has 0 atom stereocenters. The molecule has 5 rings (SSSR count). The first-order chi connectivity index (χ1) is 17.0. The number of hydrogen-bond donors (Lipinski definition) is 1. The zero-order valence-electron chi connectivity index (χ0n) is 20.6. The quantitative estimate of drug-likeness (QED) is 0.435. The van der Waals surface area contributed by atoms with Crippen LogP contribution in [0.2, 0.25) is 0 Å². The van der Waals surface area contributed by atoms with Crippen LogP contribution in [0.3, 0.4) is 0 Å². The summed E-state index contributed by atoms with van der Waals surface area (Å²) in [5.41, 5.74) is 5.94. The van der Waals surface area contributed by atoms with Crippen molar-refractivity contribution in [3.63, 3.8) is 0 Å². The molecule has 180 valence electrons. The summed E-state index contributed by atoms with van der Waals surface area (Å²) >= 11 is 0. The van der Waals surface area contributed by atoms with E-state index in [1.807, 2.05) is 49.4 Å². The molecule has 0 aliphatic carbocycles. The van der Waals surface area contributed by atoms with E-state index >= 15 is 0 Å². The lowest BCUT2D eigenvalue weighted by Gasteiger charge is -2.34. The van der Waals surface area contributed by atoms with Gasteiger partial charge in [-0.25, -0.2) is 4.98 Å². The summed E-state index contributed by atoms with van der Waals surface area (Å²) in [5, 5.41) is 3.00. The third kappa shape index (κ3) is 5.61. The number of imidazole rings is 1. The summed E-state index contributed by atoms with van der Waals surface area (Å²) in [7, 11) is 2.08. The van der Waals surface area contributed by atoms with E-state index in [-0.39, 0.29) is 5.91 Å². The van der Waals surface area contributed by atoms with E-state index in [0.29, 0.717) is 5.56 Å². The number of carbonyl (C=O) groups is 1. The van der Waals surface area contributed by atoms with E-state index in [1.165, 1.54) is 5.56 Å². The Labute approximate surface area is 207 Å². The van der Waals surface area contributed by atoms with Gasteiger partial charge in [0.15, 0.2) is 0 Å². The molecule has 1 aliphatic rings. The molecule has 35 heavy (non-hydrogen) atoms. The van der Waals surface area contributed by atoms with Crippen molar-refractivity contribution in [1.82, 2.24) is 19.4 Å². The first-order valence-corrected chi connectivity index (χ1v) is 12.4. The number of rotatable bonds is 7. The summed E-state index contributed by atoms with van der Waals surface area (Å²) in [6.45, 7) is 8.43. The van der Waals surface area contributed by atoms with Gasteiger partial charge in [0, 0.05) is 64.0 Å². The third-order valence-electron chi connectivity index (χ3n) is 6.91. The lowest BCUT2D eigenvalue weighted by atomic mass is 10.1. The Kier molecular flexibility index (Phi) is 6.93. The van der Waals surface area contributed by atoms with Crippen LogP contribution < -0.4 is 5.32 Å². The van der Waals surface area contributed by atoms with Crippen molar-refractivity contribution >= 4 is 22.6 Å². The molecule has 1 fully saturated rings. The van der Waals surface area contributed by atoms with Gasteiger partial charge >= 0.3 is 0 Å². The summed E-state index contributed by atoms with van der Waals surface area (Å²) in [5.74, 6) is 0.973. The van der Waals surface area contributed by atoms with E-state index < -0.39 is 0 Å². The maximum atomic E-state index is 12.6. The van der Waals surface area contributed by atoms with Crippen molar-refractivity contribution < 1.29 is 4.79 Å². The van der Waals surface area contributed by atoms with Gasteiger partial charge in [-0.2, -0.15) is 0 Å². The molecule has 0 bridgehead atoms. The number of fused-ring (bicyclic) bond motifs is 1. The standard InChI is InChI=1S/C29H33N5O/c1-22-8-10-24(11-9-22)29(35)30-25-12-13-27-26(20-25)31-28(32(27)2)14-15-33-16-18-34(19-17-33)21-23-6-4-3-5-7-23/h3-13,20H,14-19,21H2,1-2H3,(H,30,35). The number of amides is 1. The molecular weight excluding hydrogens is 434 g/mol.